The molecule has 0 amide bonds. The second-order valence-electron chi connectivity index (χ2n) is 3.79. The zero-order valence-corrected chi connectivity index (χ0v) is 8.52. The van der Waals surface area contributed by atoms with E-state index < -0.39 is 6.10 Å². The fraction of sp³-hybridized carbons (Fsp3) is 0.308. The number of aliphatic hydroxyl groups excluding tert-OH is 1. The summed E-state index contributed by atoms with van der Waals surface area (Å²) in [6.07, 6.45) is 5.08. The van der Waals surface area contributed by atoms with E-state index in [9.17, 15) is 9.90 Å². The highest BCUT2D eigenvalue weighted by Gasteiger charge is 2.15. The Labute approximate surface area is 89.2 Å². The molecular weight excluding hydrogens is 188 g/mol. The molecular formula is C13H14O2. The van der Waals surface area contributed by atoms with Crippen molar-refractivity contribution in [2.45, 2.75) is 25.4 Å². The van der Waals surface area contributed by atoms with E-state index in [4.69, 9.17) is 0 Å². The molecule has 2 rings (SSSR count). The number of allylic oxidation sites excluding steroid dienone is 2. The minimum Gasteiger partial charge on any atom is -0.381 e. The quantitative estimate of drug-likeness (QED) is 0.764. The number of aliphatic hydroxyl groups is 1. The van der Waals surface area contributed by atoms with Gasteiger partial charge < -0.3 is 9.90 Å². The van der Waals surface area contributed by atoms with Crippen LogP contribution in [0.4, 0.5) is 0 Å². The van der Waals surface area contributed by atoms with E-state index in [2.05, 4.69) is 6.08 Å². The Bertz CT molecular complexity index is 393. The third kappa shape index (κ3) is 2.00. The summed E-state index contributed by atoms with van der Waals surface area (Å²) in [6.45, 7) is 0. The van der Waals surface area contributed by atoms with Crippen molar-refractivity contribution < 1.29 is 9.90 Å². The van der Waals surface area contributed by atoms with Crippen LogP contribution >= 0.6 is 0 Å². The molecule has 0 saturated heterocycles. The Morgan fingerprint density at radius 2 is 2.13 bits per heavy atom. The normalized spacial score (nSPS) is 17.3. The number of hydrogen-bond donors (Lipinski definition) is 1. The van der Waals surface area contributed by atoms with E-state index >= 15 is 0 Å². The van der Waals surface area contributed by atoms with Gasteiger partial charge >= 0.3 is 0 Å². The first-order valence-electron chi connectivity index (χ1n) is 5.24. The number of aldehydes is 1. The zero-order chi connectivity index (χ0) is 10.7. The molecule has 0 radical (unpaired) electrons. The highest BCUT2D eigenvalue weighted by Crippen LogP contribution is 2.31. The summed E-state index contributed by atoms with van der Waals surface area (Å²) in [7, 11) is 0. The fourth-order valence-corrected chi connectivity index (χ4v) is 2.04. The molecule has 1 aliphatic rings. The van der Waals surface area contributed by atoms with Gasteiger partial charge in [0.25, 0.3) is 0 Å². The first-order valence-corrected chi connectivity index (χ1v) is 5.24. The van der Waals surface area contributed by atoms with Crippen molar-refractivity contribution in [1.82, 2.24) is 0 Å². The van der Waals surface area contributed by atoms with Gasteiger partial charge in [0.1, 0.15) is 6.10 Å². The standard InChI is InChI=1S/C13H14O2/c14-9-13(15)12-8-4-3-7-11(12)10-5-1-2-6-10/h3-5,7-9,13,15H,1-2,6H2. The topological polar surface area (TPSA) is 37.3 Å². The lowest BCUT2D eigenvalue weighted by molar-refractivity contribution is -0.115. The maximum atomic E-state index is 10.6. The third-order valence-corrected chi connectivity index (χ3v) is 2.80. The minimum absolute atomic E-state index is 0.578. The highest BCUT2D eigenvalue weighted by molar-refractivity contribution is 5.73. The minimum atomic E-state index is -0.998. The number of carbonyl (C=O) groups is 1. The fourth-order valence-electron chi connectivity index (χ4n) is 2.04. The van der Waals surface area contributed by atoms with Gasteiger partial charge in [-0.25, -0.2) is 0 Å². The summed E-state index contributed by atoms with van der Waals surface area (Å²) in [4.78, 5) is 10.6. The van der Waals surface area contributed by atoms with Crippen LogP contribution in [0.3, 0.4) is 0 Å². The molecule has 0 saturated carbocycles. The maximum absolute atomic E-state index is 10.6. The van der Waals surface area contributed by atoms with Crippen molar-refractivity contribution in [2.24, 2.45) is 0 Å². The van der Waals surface area contributed by atoms with Crippen molar-refractivity contribution in [2.75, 3.05) is 0 Å². The van der Waals surface area contributed by atoms with Crippen LogP contribution in [0, 0.1) is 0 Å². The van der Waals surface area contributed by atoms with Crippen LogP contribution in [-0.4, -0.2) is 11.4 Å². The van der Waals surface area contributed by atoms with Crippen LogP contribution in [0.5, 0.6) is 0 Å². The lowest BCUT2D eigenvalue weighted by atomic mass is 9.96. The Hall–Kier alpha value is -1.41. The van der Waals surface area contributed by atoms with Gasteiger partial charge in [0.05, 0.1) is 0 Å². The first-order chi connectivity index (χ1) is 7.33. The maximum Gasteiger partial charge on any atom is 0.153 e. The predicted molar refractivity (Wildman–Crippen MR) is 59.3 cm³/mol. The molecule has 78 valence electrons. The van der Waals surface area contributed by atoms with Crippen LogP contribution < -0.4 is 0 Å². The Balaban J connectivity index is 2.41. The Kier molecular flexibility index (Phi) is 2.97. The van der Waals surface area contributed by atoms with Crippen LogP contribution in [0.2, 0.25) is 0 Å². The molecule has 2 heteroatoms. The lowest BCUT2D eigenvalue weighted by Crippen LogP contribution is -2.02. The summed E-state index contributed by atoms with van der Waals surface area (Å²) in [6, 6.07) is 7.57. The van der Waals surface area contributed by atoms with Gasteiger partial charge in [0.2, 0.25) is 0 Å². The van der Waals surface area contributed by atoms with Crippen LogP contribution in [0.1, 0.15) is 36.5 Å². The molecule has 1 N–H and O–H groups in total. The molecule has 1 atom stereocenters. The lowest BCUT2D eigenvalue weighted by Gasteiger charge is -2.11. The molecule has 0 spiro atoms. The van der Waals surface area contributed by atoms with E-state index in [0.29, 0.717) is 6.29 Å². The van der Waals surface area contributed by atoms with Gasteiger partial charge in [0.15, 0.2) is 6.29 Å². The Morgan fingerprint density at radius 3 is 2.80 bits per heavy atom. The molecule has 1 aromatic rings. The van der Waals surface area contributed by atoms with Crippen molar-refractivity contribution in [1.29, 1.82) is 0 Å². The summed E-state index contributed by atoms with van der Waals surface area (Å²) in [5.74, 6) is 0. The van der Waals surface area contributed by atoms with Crippen LogP contribution in [0.15, 0.2) is 30.3 Å². The molecule has 2 nitrogen and oxygen atoms in total. The number of carbonyl (C=O) groups excluding carboxylic acids is 1. The van der Waals surface area contributed by atoms with Gasteiger partial charge in [-0.3, -0.25) is 0 Å². The molecule has 15 heavy (non-hydrogen) atoms. The SMILES string of the molecule is O=CC(O)c1ccccc1C1=CCCC1. The van der Waals surface area contributed by atoms with Gasteiger partial charge in [-0.15, -0.1) is 0 Å². The van der Waals surface area contributed by atoms with Crippen molar-refractivity contribution >= 4 is 11.9 Å². The van der Waals surface area contributed by atoms with Crippen LogP contribution in [0.25, 0.3) is 5.57 Å². The van der Waals surface area contributed by atoms with Crippen molar-refractivity contribution in [3.05, 3.63) is 41.5 Å². The summed E-state index contributed by atoms with van der Waals surface area (Å²) >= 11 is 0. The van der Waals surface area contributed by atoms with Gasteiger partial charge in [-0.1, -0.05) is 30.3 Å². The smallest absolute Gasteiger partial charge is 0.153 e. The predicted octanol–water partition coefficient (Wildman–Crippen LogP) is 2.49. The molecule has 0 fully saturated rings. The van der Waals surface area contributed by atoms with E-state index in [0.717, 1.165) is 24.0 Å². The Morgan fingerprint density at radius 1 is 1.33 bits per heavy atom. The first kappa shape index (κ1) is 10.1. The number of benzene rings is 1. The number of rotatable bonds is 3. The van der Waals surface area contributed by atoms with Gasteiger partial charge in [-0.05, 0) is 36.0 Å². The van der Waals surface area contributed by atoms with E-state index in [-0.39, 0.29) is 0 Å². The second-order valence-corrected chi connectivity index (χ2v) is 3.79. The van der Waals surface area contributed by atoms with E-state index in [1.54, 1.807) is 0 Å². The summed E-state index contributed by atoms with van der Waals surface area (Å²) < 4.78 is 0. The molecule has 0 aromatic heterocycles. The van der Waals surface area contributed by atoms with E-state index in [1.165, 1.54) is 12.0 Å². The average molecular weight is 202 g/mol. The molecule has 0 aliphatic heterocycles. The largest absolute Gasteiger partial charge is 0.381 e. The molecule has 0 bridgehead atoms. The molecule has 1 unspecified atom stereocenters. The second kappa shape index (κ2) is 4.41. The average Bonchev–Trinajstić information content (AvgIpc) is 2.81. The van der Waals surface area contributed by atoms with Crippen molar-refractivity contribution in [3.8, 4) is 0 Å². The number of hydrogen-bond acceptors (Lipinski definition) is 2. The van der Waals surface area contributed by atoms with Gasteiger partial charge in [0, 0.05) is 0 Å². The molecule has 1 aliphatic carbocycles. The molecule has 0 heterocycles. The third-order valence-electron chi connectivity index (χ3n) is 2.80. The monoisotopic (exact) mass is 202 g/mol. The summed E-state index contributed by atoms with van der Waals surface area (Å²) in [5, 5.41) is 9.58. The van der Waals surface area contributed by atoms with Crippen LogP contribution in [-0.2, 0) is 4.79 Å². The van der Waals surface area contributed by atoms with E-state index in [1.807, 2.05) is 24.3 Å². The highest BCUT2D eigenvalue weighted by atomic mass is 16.3. The van der Waals surface area contributed by atoms with Crippen molar-refractivity contribution in [3.63, 3.8) is 0 Å². The summed E-state index contributed by atoms with van der Waals surface area (Å²) in [5.41, 5.74) is 3.00. The van der Waals surface area contributed by atoms with Gasteiger partial charge in [-0.2, -0.15) is 0 Å². The zero-order valence-electron chi connectivity index (χ0n) is 8.52. The molecule has 1 aromatic carbocycles.